The Hall–Kier alpha value is -0.160. The Morgan fingerprint density at radius 3 is 2.52 bits per heavy atom. The first-order valence-electron chi connectivity index (χ1n) is 8.64. The van der Waals surface area contributed by atoms with Crippen molar-refractivity contribution in [3.05, 3.63) is 0 Å². The minimum Gasteiger partial charge on any atom is -0.385 e. The van der Waals surface area contributed by atoms with Gasteiger partial charge in [-0.2, -0.15) is 0 Å². The Balaban J connectivity index is 2.50. The van der Waals surface area contributed by atoms with Crippen molar-refractivity contribution in [1.29, 1.82) is 0 Å². The third kappa shape index (κ3) is 7.59. The van der Waals surface area contributed by atoms with Crippen LogP contribution in [0.1, 0.15) is 39.5 Å². The first-order chi connectivity index (χ1) is 10.2. The van der Waals surface area contributed by atoms with Gasteiger partial charge in [0.25, 0.3) is 0 Å². The van der Waals surface area contributed by atoms with E-state index in [1.54, 1.807) is 14.2 Å². The molecule has 0 heterocycles. The van der Waals surface area contributed by atoms with E-state index in [1.807, 2.05) is 0 Å². The lowest BCUT2D eigenvalue weighted by atomic mass is 9.78. The molecule has 1 fully saturated rings. The molecule has 1 N–H and O–H groups in total. The molecule has 4 nitrogen and oxygen atoms in total. The molecule has 21 heavy (non-hydrogen) atoms. The third-order valence-electron chi connectivity index (χ3n) is 4.64. The molecule has 3 unspecified atom stereocenters. The average molecular weight is 300 g/mol. The second-order valence-electron chi connectivity index (χ2n) is 6.48. The summed E-state index contributed by atoms with van der Waals surface area (Å²) in [6.07, 6.45) is 5.16. The molecule has 1 aliphatic rings. The minimum atomic E-state index is 0.693. The molecule has 3 atom stereocenters. The zero-order chi connectivity index (χ0) is 15.5. The van der Waals surface area contributed by atoms with Gasteiger partial charge in [-0.05, 0) is 44.1 Å². The van der Waals surface area contributed by atoms with Gasteiger partial charge in [0.15, 0.2) is 0 Å². The fourth-order valence-electron chi connectivity index (χ4n) is 3.51. The fraction of sp³-hybridized carbons (Fsp3) is 1.00. The van der Waals surface area contributed by atoms with Crippen LogP contribution in [-0.2, 0) is 9.47 Å². The maximum Gasteiger partial charge on any atom is 0.0589 e. The molecule has 126 valence electrons. The van der Waals surface area contributed by atoms with Crippen LogP contribution in [0, 0.1) is 11.8 Å². The number of nitrogens with one attached hydrogen (secondary N) is 1. The molecule has 0 radical (unpaired) electrons. The van der Waals surface area contributed by atoms with Gasteiger partial charge in [-0.1, -0.05) is 13.8 Å². The van der Waals surface area contributed by atoms with Crippen LogP contribution in [-0.4, -0.2) is 64.6 Å². The topological polar surface area (TPSA) is 33.7 Å². The Bertz CT molecular complexity index is 251. The summed E-state index contributed by atoms with van der Waals surface area (Å²) in [6, 6.07) is 0.693. The molecular formula is C17H36N2O2. The van der Waals surface area contributed by atoms with E-state index in [4.69, 9.17) is 9.47 Å². The highest BCUT2D eigenvalue weighted by Gasteiger charge is 2.29. The van der Waals surface area contributed by atoms with Crippen molar-refractivity contribution in [3.63, 3.8) is 0 Å². The average Bonchev–Trinajstić information content (AvgIpc) is 2.47. The second-order valence-corrected chi connectivity index (χ2v) is 6.48. The van der Waals surface area contributed by atoms with Crippen molar-refractivity contribution in [3.8, 4) is 0 Å². The highest BCUT2D eigenvalue weighted by molar-refractivity contribution is 4.85. The first kappa shape index (κ1) is 18.9. The van der Waals surface area contributed by atoms with Crippen LogP contribution in [0.3, 0.4) is 0 Å². The largest absolute Gasteiger partial charge is 0.385 e. The zero-order valence-corrected chi connectivity index (χ0v) is 14.6. The normalized spacial score (nSPS) is 26.4. The first-order valence-corrected chi connectivity index (χ1v) is 8.64. The van der Waals surface area contributed by atoms with Gasteiger partial charge in [0.05, 0.1) is 6.61 Å². The summed E-state index contributed by atoms with van der Waals surface area (Å²) in [5.74, 6) is 1.64. The molecule has 0 aromatic rings. The van der Waals surface area contributed by atoms with E-state index in [2.05, 4.69) is 24.1 Å². The third-order valence-corrected chi connectivity index (χ3v) is 4.64. The lowest BCUT2D eigenvalue weighted by Gasteiger charge is -2.38. The van der Waals surface area contributed by atoms with Crippen molar-refractivity contribution in [2.45, 2.75) is 45.6 Å². The Labute approximate surface area is 131 Å². The maximum absolute atomic E-state index is 5.27. The van der Waals surface area contributed by atoms with E-state index < -0.39 is 0 Å². The molecule has 0 saturated heterocycles. The summed E-state index contributed by atoms with van der Waals surface area (Å²) >= 11 is 0. The lowest BCUT2D eigenvalue weighted by Crippen LogP contribution is -2.46. The van der Waals surface area contributed by atoms with E-state index in [0.717, 1.165) is 51.1 Å². The number of rotatable bonds is 11. The van der Waals surface area contributed by atoms with Gasteiger partial charge >= 0.3 is 0 Å². The highest BCUT2D eigenvalue weighted by Crippen LogP contribution is 2.29. The van der Waals surface area contributed by atoms with Crippen molar-refractivity contribution < 1.29 is 9.47 Å². The van der Waals surface area contributed by atoms with Gasteiger partial charge in [-0.3, -0.25) is 0 Å². The predicted octanol–water partition coefficient (Wildman–Crippen LogP) is 2.39. The van der Waals surface area contributed by atoms with E-state index >= 15 is 0 Å². The number of nitrogens with zero attached hydrogens (tertiary/aromatic N) is 1. The van der Waals surface area contributed by atoms with Crippen LogP contribution in [0.15, 0.2) is 0 Å². The summed E-state index contributed by atoms with van der Waals surface area (Å²) in [6.45, 7) is 10.7. The van der Waals surface area contributed by atoms with Gasteiger partial charge in [0.1, 0.15) is 0 Å². The van der Waals surface area contributed by atoms with E-state index in [9.17, 15) is 0 Å². The van der Waals surface area contributed by atoms with Crippen LogP contribution in [0.4, 0.5) is 0 Å². The van der Waals surface area contributed by atoms with Crippen LogP contribution >= 0.6 is 0 Å². The summed E-state index contributed by atoms with van der Waals surface area (Å²) in [5.41, 5.74) is 0. The molecule has 0 amide bonds. The molecule has 1 saturated carbocycles. The molecule has 0 spiro atoms. The summed E-state index contributed by atoms with van der Waals surface area (Å²) in [7, 11) is 3.57. The molecule has 0 aromatic heterocycles. The molecule has 1 rings (SSSR count). The molecule has 0 aromatic carbocycles. The Morgan fingerprint density at radius 2 is 1.86 bits per heavy atom. The summed E-state index contributed by atoms with van der Waals surface area (Å²) < 4.78 is 10.5. The molecule has 0 aliphatic heterocycles. The van der Waals surface area contributed by atoms with Gasteiger partial charge in [0, 0.05) is 46.5 Å². The minimum absolute atomic E-state index is 0.693. The Kier molecular flexibility index (Phi) is 10.3. The number of hydrogen-bond acceptors (Lipinski definition) is 4. The van der Waals surface area contributed by atoms with Gasteiger partial charge in [-0.15, -0.1) is 0 Å². The van der Waals surface area contributed by atoms with E-state index in [1.165, 1.54) is 25.8 Å². The van der Waals surface area contributed by atoms with E-state index in [-0.39, 0.29) is 0 Å². The van der Waals surface area contributed by atoms with E-state index in [0.29, 0.717) is 6.04 Å². The molecule has 1 aliphatic carbocycles. The van der Waals surface area contributed by atoms with Crippen LogP contribution in [0.2, 0.25) is 0 Å². The van der Waals surface area contributed by atoms with Gasteiger partial charge in [0.2, 0.25) is 0 Å². The van der Waals surface area contributed by atoms with Crippen molar-refractivity contribution >= 4 is 0 Å². The quantitative estimate of drug-likeness (QED) is 0.594. The number of ether oxygens (including phenoxy) is 2. The molecule has 4 heteroatoms. The number of methoxy groups -OCH3 is 2. The van der Waals surface area contributed by atoms with Crippen molar-refractivity contribution in [2.75, 3.05) is 53.6 Å². The standard InChI is InChI=1S/C17H36N2O2/c1-5-18-17-8-7-15(2)13-16(17)14-19(10-12-21-4)9-6-11-20-3/h15-18H,5-14H2,1-4H3. The monoisotopic (exact) mass is 300 g/mol. The van der Waals surface area contributed by atoms with Crippen LogP contribution < -0.4 is 5.32 Å². The molecule has 0 bridgehead atoms. The number of hydrogen-bond donors (Lipinski definition) is 1. The van der Waals surface area contributed by atoms with Crippen molar-refractivity contribution in [1.82, 2.24) is 10.2 Å². The molecular weight excluding hydrogens is 264 g/mol. The highest BCUT2D eigenvalue weighted by atomic mass is 16.5. The SMILES string of the molecule is CCNC1CCC(C)CC1CN(CCCOC)CCOC. The van der Waals surface area contributed by atoms with Gasteiger partial charge < -0.3 is 19.7 Å². The summed E-state index contributed by atoms with van der Waals surface area (Å²) in [5, 5.41) is 3.70. The fourth-order valence-corrected chi connectivity index (χ4v) is 3.51. The summed E-state index contributed by atoms with van der Waals surface area (Å²) in [4.78, 5) is 2.57. The van der Waals surface area contributed by atoms with Crippen molar-refractivity contribution in [2.24, 2.45) is 11.8 Å². The smallest absolute Gasteiger partial charge is 0.0589 e. The Morgan fingerprint density at radius 1 is 1.10 bits per heavy atom. The zero-order valence-electron chi connectivity index (χ0n) is 14.6. The maximum atomic E-state index is 5.27. The lowest BCUT2D eigenvalue weighted by molar-refractivity contribution is 0.0997. The second kappa shape index (κ2) is 11.4. The van der Waals surface area contributed by atoms with Crippen LogP contribution in [0.25, 0.3) is 0 Å². The predicted molar refractivity (Wildman–Crippen MR) is 88.8 cm³/mol. The van der Waals surface area contributed by atoms with Gasteiger partial charge in [-0.25, -0.2) is 0 Å². The van der Waals surface area contributed by atoms with Crippen LogP contribution in [0.5, 0.6) is 0 Å².